The highest BCUT2D eigenvalue weighted by atomic mass is 16.5. The first-order chi connectivity index (χ1) is 9.17. The van der Waals surface area contributed by atoms with Crippen LogP contribution in [0.4, 0.5) is 0 Å². The van der Waals surface area contributed by atoms with Crippen molar-refractivity contribution >= 4 is 0 Å². The summed E-state index contributed by atoms with van der Waals surface area (Å²) in [5.41, 5.74) is 2.03. The number of tetrazole rings is 1. The normalized spacial score (nSPS) is 12.4. The van der Waals surface area contributed by atoms with Crippen molar-refractivity contribution in [2.75, 3.05) is 13.7 Å². The Kier molecular flexibility index (Phi) is 4.11. The summed E-state index contributed by atoms with van der Waals surface area (Å²) in [6.45, 7) is 6.99. The van der Waals surface area contributed by atoms with Crippen molar-refractivity contribution in [1.82, 2.24) is 25.5 Å². The maximum atomic E-state index is 5.21. The molecule has 1 atom stereocenters. The molecule has 0 radical (unpaired) electrons. The molecule has 0 fully saturated rings. The van der Waals surface area contributed by atoms with E-state index in [2.05, 4.69) is 27.8 Å². The number of nitrogens with one attached hydrogen (secondary N) is 1. The van der Waals surface area contributed by atoms with Gasteiger partial charge in [0.1, 0.15) is 5.75 Å². The zero-order valence-electron chi connectivity index (χ0n) is 11.7. The van der Waals surface area contributed by atoms with Gasteiger partial charge >= 0.3 is 0 Å². The first-order valence-corrected chi connectivity index (χ1v) is 6.34. The third-order valence-electron chi connectivity index (χ3n) is 3.02. The second kappa shape index (κ2) is 5.79. The summed E-state index contributed by atoms with van der Waals surface area (Å²) < 4.78 is 6.98. The van der Waals surface area contributed by atoms with E-state index in [1.807, 2.05) is 32.0 Å². The molecule has 0 spiro atoms. The lowest BCUT2D eigenvalue weighted by Gasteiger charge is -2.14. The third-order valence-corrected chi connectivity index (χ3v) is 3.02. The van der Waals surface area contributed by atoms with Crippen LogP contribution in [0.25, 0.3) is 5.69 Å². The van der Waals surface area contributed by atoms with Crippen LogP contribution >= 0.6 is 0 Å². The van der Waals surface area contributed by atoms with E-state index in [1.165, 1.54) is 0 Å². The van der Waals surface area contributed by atoms with E-state index in [0.29, 0.717) is 0 Å². The van der Waals surface area contributed by atoms with Crippen LogP contribution in [-0.4, -0.2) is 33.9 Å². The van der Waals surface area contributed by atoms with Crippen LogP contribution in [0.5, 0.6) is 5.75 Å². The van der Waals surface area contributed by atoms with Gasteiger partial charge in [-0.15, -0.1) is 5.10 Å². The van der Waals surface area contributed by atoms with E-state index >= 15 is 0 Å². The molecule has 0 aliphatic rings. The van der Waals surface area contributed by atoms with Crippen LogP contribution in [0.2, 0.25) is 0 Å². The van der Waals surface area contributed by atoms with Gasteiger partial charge in [-0.25, -0.2) is 0 Å². The fourth-order valence-electron chi connectivity index (χ4n) is 2.03. The van der Waals surface area contributed by atoms with Crippen LogP contribution in [0.15, 0.2) is 18.2 Å². The van der Waals surface area contributed by atoms with Gasteiger partial charge in [0.25, 0.3) is 0 Å². The average molecular weight is 261 g/mol. The Morgan fingerprint density at radius 1 is 1.42 bits per heavy atom. The number of hydrogen-bond donors (Lipinski definition) is 1. The van der Waals surface area contributed by atoms with Crippen molar-refractivity contribution in [3.05, 3.63) is 29.6 Å². The minimum Gasteiger partial charge on any atom is -0.497 e. The Bertz CT molecular complexity index is 552. The number of hydrogen-bond acceptors (Lipinski definition) is 5. The van der Waals surface area contributed by atoms with Crippen LogP contribution in [0.1, 0.15) is 31.3 Å². The predicted molar refractivity (Wildman–Crippen MR) is 72.5 cm³/mol. The van der Waals surface area contributed by atoms with Crippen molar-refractivity contribution in [1.29, 1.82) is 0 Å². The smallest absolute Gasteiger partial charge is 0.173 e. The van der Waals surface area contributed by atoms with Gasteiger partial charge in [-0.1, -0.05) is 6.92 Å². The summed E-state index contributed by atoms with van der Waals surface area (Å²) in [5.74, 6) is 1.63. The summed E-state index contributed by atoms with van der Waals surface area (Å²) in [5, 5.41) is 15.3. The zero-order chi connectivity index (χ0) is 13.8. The fourth-order valence-corrected chi connectivity index (χ4v) is 2.03. The second-order valence-corrected chi connectivity index (χ2v) is 4.38. The highest BCUT2D eigenvalue weighted by molar-refractivity contribution is 5.44. The monoisotopic (exact) mass is 261 g/mol. The molecular weight excluding hydrogens is 242 g/mol. The number of benzene rings is 1. The number of methoxy groups -OCH3 is 1. The standard InChI is InChI=1S/C13H19N5O/c1-5-14-10(3)13-15-16-17-18(13)12-7-6-11(19-4)8-9(12)2/h6-8,10,14H,5H2,1-4H3. The summed E-state index contributed by atoms with van der Waals surface area (Å²) in [4.78, 5) is 0. The molecule has 6 nitrogen and oxygen atoms in total. The Morgan fingerprint density at radius 2 is 2.21 bits per heavy atom. The van der Waals surface area contributed by atoms with Crippen LogP contribution < -0.4 is 10.1 Å². The van der Waals surface area contributed by atoms with Gasteiger partial charge in [0.15, 0.2) is 5.82 Å². The van der Waals surface area contributed by atoms with E-state index in [1.54, 1.807) is 11.8 Å². The quantitative estimate of drug-likeness (QED) is 0.886. The lowest BCUT2D eigenvalue weighted by molar-refractivity contribution is 0.414. The molecular formula is C13H19N5O. The fraction of sp³-hybridized carbons (Fsp3) is 0.462. The molecule has 0 saturated carbocycles. The van der Waals surface area contributed by atoms with Crippen molar-refractivity contribution in [3.63, 3.8) is 0 Å². The summed E-state index contributed by atoms with van der Waals surface area (Å²) in [6.07, 6.45) is 0. The van der Waals surface area contributed by atoms with Crippen LogP contribution in [-0.2, 0) is 0 Å². The van der Waals surface area contributed by atoms with Crippen molar-refractivity contribution in [2.24, 2.45) is 0 Å². The number of rotatable bonds is 5. The molecule has 1 heterocycles. The largest absolute Gasteiger partial charge is 0.497 e. The molecule has 0 aliphatic carbocycles. The van der Waals surface area contributed by atoms with Gasteiger partial charge < -0.3 is 10.1 Å². The Labute approximate surface area is 112 Å². The molecule has 0 bridgehead atoms. The second-order valence-electron chi connectivity index (χ2n) is 4.38. The Hall–Kier alpha value is -1.95. The zero-order valence-corrected chi connectivity index (χ0v) is 11.7. The SMILES string of the molecule is CCNC(C)c1nnnn1-c1ccc(OC)cc1C. The lowest BCUT2D eigenvalue weighted by Crippen LogP contribution is -2.21. The summed E-state index contributed by atoms with van der Waals surface area (Å²) >= 11 is 0. The number of aryl methyl sites for hydroxylation is 1. The van der Waals surface area contributed by atoms with Crippen molar-refractivity contribution < 1.29 is 4.74 Å². The van der Waals surface area contributed by atoms with Crippen LogP contribution in [0.3, 0.4) is 0 Å². The highest BCUT2D eigenvalue weighted by Crippen LogP contribution is 2.21. The van der Waals surface area contributed by atoms with Gasteiger partial charge in [-0.2, -0.15) is 4.68 Å². The molecule has 0 aliphatic heterocycles. The molecule has 1 N–H and O–H groups in total. The van der Waals surface area contributed by atoms with Gasteiger partial charge in [-0.05, 0) is 54.6 Å². The molecule has 1 aromatic carbocycles. The Balaban J connectivity index is 2.40. The van der Waals surface area contributed by atoms with E-state index in [9.17, 15) is 0 Å². The Morgan fingerprint density at radius 3 is 2.84 bits per heavy atom. The minimum absolute atomic E-state index is 0.0986. The molecule has 0 amide bonds. The molecule has 2 aromatic rings. The first-order valence-electron chi connectivity index (χ1n) is 6.34. The topological polar surface area (TPSA) is 64.9 Å². The van der Waals surface area contributed by atoms with E-state index in [4.69, 9.17) is 4.74 Å². The highest BCUT2D eigenvalue weighted by Gasteiger charge is 2.16. The van der Waals surface area contributed by atoms with Gasteiger partial charge in [-0.3, -0.25) is 0 Å². The minimum atomic E-state index is 0.0986. The molecule has 6 heteroatoms. The third kappa shape index (κ3) is 2.73. The molecule has 2 rings (SSSR count). The summed E-state index contributed by atoms with van der Waals surface area (Å²) in [7, 11) is 1.66. The van der Waals surface area contributed by atoms with Gasteiger partial charge in [0, 0.05) is 0 Å². The van der Waals surface area contributed by atoms with E-state index in [-0.39, 0.29) is 6.04 Å². The van der Waals surface area contributed by atoms with E-state index < -0.39 is 0 Å². The maximum absolute atomic E-state index is 5.21. The maximum Gasteiger partial charge on any atom is 0.173 e. The number of ether oxygens (including phenoxy) is 1. The van der Waals surface area contributed by atoms with Crippen LogP contribution in [0, 0.1) is 6.92 Å². The van der Waals surface area contributed by atoms with Gasteiger partial charge in [0.2, 0.25) is 0 Å². The lowest BCUT2D eigenvalue weighted by atomic mass is 10.2. The first kappa shape index (κ1) is 13.5. The molecule has 1 unspecified atom stereocenters. The van der Waals surface area contributed by atoms with E-state index in [0.717, 1.165) is 29.4 Å². The average Bonchev–Trinajstić information content (AvgIpc) is 2.88. The molecule has 102 valence electrons. The summed E-state index contributed by atoms with van der Waals surface area (Å²) in [6, 6.07) is 5.94. The predicted octanol–water partition coefficient (Wildman–Crippen LogP) is 1.65. The van der Waals surface area contributed by atoms with Gasteiger partial charge in [0.05, 0.1) is 18.8 Å². The van der Waals surface area contributed by atoms with Crippen molar-refractivity contribution in [2.45, 2.75) is 26.8 Å². The number of aromatic nitrogens is 4. The molecule has 19 heavy (non-hydrogen) atoms. The molecule has 1 aromatic heterocycles. The molecule has 0 saturated heterocycles. The van der Waals surface area contributed by atoms with Crippen molar-refractivity contribution in [3.8, 4) is 11.4 Å². The number of nitrogens with zero attached hydrogens (tertiary/aromatic N) is 4.